The highest BCUT2D eigenvalue weighted by molar-refractivity contribution is 5.95. The summed E-state index contributed by atoms with van der Waals surface area (Å²) in [5.74, 6) is -0.880. The molecule has 2 bridgehead atoms. The van der Waals surface area contributed by atoms with Gasteiger partial charge < -0.3 is 20.1 Å². The van der Waals surface area contributed by atoms with Gasteiger partial charge in [-0.15, -0.1) is 0 Å². The number of hydrogen-bond acceptors (Lipinski definition) is 6. The summed E-state index contributed by atoms with van der Waals surface area (Å²) in [6, 6.07) is 0. The van der Waals surface area contributed by atoms with Gasteiger partial charge in [0, 0.05) is 12.3 Å². The molecule has 0 heterocycles. The molecule has 8 atom stereocenters. The van der Waals surface area contributed by atoms with Crippen molar-refractivity contribution in [1.82, 2.24) is 0 Å². The highest BCUT2D eigenvalue weighted by Gasteiger charge is 2.76. The van der Waals surface area contributed by atoms with Crippen LogP contribution in [0, 0.1) is 34.5 Å². The maximum atomic E-state index is 14.2. The number of rotatable bonds is 6. The van der Waals surface area contributed by atoms with Crippen LogP contribution in [0.25, 0.3) is 0 Å². The lowest BCUT2D eigenvalue weighted by Gasteiger charge is -2.48. The van der Waals surface area contributed by atoms with Gasteiger partial charge in [-0.25, -0.2) is 0 Å². The Labute approximate surface area is 190 Å². The van der Waals surface area contributed by atoms with Crippen LogP contribution >= 0.6 is 0 Å². The van der Waals surface area contributed by atoms with Gasteiger partial charge in [-0.3, -0.25) is 9.59 Å². The molecule has 4 aliphatic rings. The molecular weight excluding hydrogens is 408 g/mol. The van der Waals surface area contributed by atoms with Crippen LogP contribution in [0.1, 0.15) is 66.7 Å². The fourth-order valence-electron chi connectivity index (χ4n) is 7.30. The predicted molar refractivity (Wildman–Crippen MR) is 119 cm³/mol. The van der Waals surface area contributed by atoms with Crippen LogP contribution in [0.15, 0.2) is 23.3 Å². The Bertz CT molecular complexity index is 872. The lowest BCUT2D eigenvalue weighted by Crippen LogP contribution is -2.65. The van der Waals surface area contributed by atoms with Crippen LogP contribution < -0.4 is 0 Å². The van der Waals surface area contributed by atoms with E-state index in [0.29, 0.717) is 17.9 Å². The minimum Gasteiger partial charge on any atom is -0.455 e. The van der Waals surface area contributed by atoms with Crippen molar-refractivity contribution in [3.63, 3.8) is 0 Å². The molecule has 0 saturated heterocycles. The van der Waals surface area contributed by atoms with Gasteiger partial charge in [-0.1, -0.05) is 52.7 Å². The highest BCUT2D eigenvalue weighted by atomic mass is 16.6. The minimum atomic E-state index is -2.04. The van der Waals surface area contributed by atoms with Crippen molar-refractivity contribution in [1.29, 1.82) is 0 Å². The monoisotopic (exact) mass is 446 g/mol. The maximum absolute atomic E-state index is 14.2. The van der Waals surface area contributed by atoms with E-state index in [4.69, 9.17) is 4.74 Å². The Balaban J connectivity index is 1.80. The second kappa shape index (κ2) is 7.78. The third kappa shape index (κ3) is 2.95. The number of aliphatic hydroxyl groups excluding tert-OH is 2. The first-order valence-electron chi connectivity index (χ1n) is 12.1. The largest absolute Gasteiger partial charge is 0.455 e. The predicted octanol–water partition coefficient (Wildman–Crippen LogP) is 2.95. The zero-order valence-electron chi connectivity index (χ0n) is 19.9. The van der Waals surface area contributed by atoms with Crippen molar-refractivity contribution in [2.24, 2.45) is 34.5 Å². The number of ketones is 1. The average Bonchev–Trinajstić information content (AvgIpc) is 3.22. The SMILES string of the molecule is CCCCCC(=O)O[C@H]1C(C)=C[C@]23C(=O)[C@H](C=C(CO)[C@@H](O)[C@]12O)C1C(C[C@H]3C)C1(C)C. The summed E-state index contributed by atoms with van der Waals surface area (Å²) in [6.07, 6.45) is 4.36. The number of carbonyl (C=O) groups excluding carboxylic acids is 2. The summed E-state index contributed by atoms with van der Waals surface area (Å²) in [5.41, 5.74) is -2.60. The van der Waals surface area contributed by atoms with E-state index < -0.39 is 41.7 Å². The van der Waals surface area contributed by atoms with Crippen molar-refractivity contribution in [3.05, 3.63) is 23.3 Å². The van der Waals surface area contributed by atoms with Gasteiger partial charge in [-0.2, -0.15) is 0 Å². The quantitative estimate of drug-likeness (QED) is 0.329. The Hall–Kier alpha value is -1.50. The topological polar surface area (TPSA) is 104 Å². The van der Waals surface area contributed by atoms with E-state index in [2.05, 4.69) is 13.8 Å². The van der Waals surface area contributed by atoms with Gasteiger partial charge in [-0.05, 0) is 54.1 Å². The smallest absolute Gasteiger partial charge is 0.306 e. The Morgan fingerprint density at radius 3 is 2.59 bits per heavy atom. The summed E-state index contributed by atoms with van der Waals surface area (Å²) in [7, 11) is 0. The molecule has 6 nitrogen and oxygen atoms in total. The zero-order chi connectivity index (χ0) is 23.6. The Kier molecular flexibility index (Phi) is 5.75. The van der Waals surface area contributed by atoms with Crippen LogP contribution in [-0.4, -0.2) is 51.5 Å². The first-order chi connectivity index (χ1) is 15.0. The molecule has 0 radical (unpaired) electrons. The Morgan fingerprint density at radius 2 is 1.97 bits per heavy atom. The normalized spacial score (nSPS) is 43.9. The second-order valence-corrected chi connectivity index (χ2v) is 11.2. The van der Waals surface area contributed by atoms with Gasteiger partial charge in [0.1, 0.15) is 6.10 Å². The molecule has 0 aliphatic heterocycles. The molecular formula is C26H38O6. The number of esters is 1. The summed E-state index contributed by atoms with van der Waals surface area (Å²) in [5, 5.41) is 33.8. The van der Waals surface area contributed by atoms with Crippen LogP contribution in [0.2, 0.25) is 0 Å². The minimum absolute atomic E-state index is 0.0107. The number of aliphatic hydroxyl groups is 3. The third-order valence-electron chi connectivity index (χ3n) is 9.13. The van der Waals surface area contributed by atoms with E-state index in [9.17, 15) is 24.9 Å². The number of ether oxygens (including phenoxy) is 1. The second-order valence-electron chi connectivity index (χ2n) is 11.2. The molecule has 3 N–H and O–H groups in total. The zero-order valence-corrected chi connectivity index (χ0v) is 19.9. The van der Waals surface area contributed by atoms with Crippen molar-refractivity contribution in [2.45, 2.75) is 84.5 Å². The molecule has 178 valence electrons. The number of allylic oxidation sites excluding steroid dienone is 1. The van der Waals surface area contributed by atoms with Crippen molar-refractivity contribution < 1.29 is 29.6 Å². The van der Waals surface area contributed by atoms with Crippen LogP contribution in [-0.2, 0) is 14.3 Å². The van der Waals surface area contributed by atoms with E-state index in [1.165, 1.54) is 0 Å². The van der Waals surface area contributed by atoms with Crippen LogP contribution in [0.4, 0.5) is 0 Å². The van der Waals surface area contributed by atoms with E-state index in [1.54, 1.807) is 19.1 Å². The van der Waals surface area contributed by atoms with E-state index in [-0.39, 0.29) is 35.0 Å². The van der Waals surface area contributed by atoms with E-state index >= 15 is 0 Å². The molecule has 0 aromatic heterocycles. The molecule has 32 heavy (non-hydrogen) atoms. The van der Waals surface area contributed by atoms with Gasteiger partial charge >= 0.3 is 5.97 Å². The molecule has 0 amide bonds. The highest BCUT2D eigenvalue weighted by Crippen LogP contribution is 2.71. The van der Waals surface area contributed by atoms with Crippen molar-refractivity contribution in [2.75, 3.05) is 6.61 Å². The summed E-state index contributed by atoms with van der Waals surface area (Å²) in [6.45, 7) is 9.63. The number of Topliss-reactive ketones (excluding diaryl/α,β-unsaturated/α-hetero) is 1. The van der Waals surface area contributed by atoms with Gasteiger partial charge in [0.15, 0.2) is 17.5 Å². The first-order valence-corrected chi connectivity index (χ1v) is 12.1. The van der Waals surface area contributed by atoms with E-state index in [1.807, 2.05) is 13.8 Å². The van der Waals surface area contributed by atoms with Crippen molar-refractivity contribution in [3.8, 4) is 0 Å². The van der Waals surface area contributed by atoms with Gasteiger partial charge in [0.2, 0.25) is 0 Å². The summed E-state index contributed by atoms with van der Waals surface area (Å²) in [4.78, 5) is 26.8. The van der Waals surface area contributed by atoms with E-state index in [0.717, 1.165) is 19.3 Å². The van der Waals surface area contributed by atoms with Gasteiger partial charge in [0.05, 0.1) is 12.0 Å². The lowest BCUT2D eigenvalue weighted by molar-refractivity contribution is -0.203. The number of hydrogen-bond donors (Lipinski definition) is 3. The van der Waals surface area contributed by atoms with Crippen LogP contribution in [0.5, 0.6) is 0 Å². The molecule has 4 aliphatic carbocycles. The fraction of sp³-hybridized carbons (Fsp3) is 0.769. The van der Waals surface area contributed by atoms with Crippen molar-refractivity contribution >= 4 is 11.8 Å². The molecule has 2 unspecified atom stereocenters. The molecule has 2 saturated carbocycles. The molecule has 0 aromatic carbocycles. The fourth-order valence-corrected chi connectivity index (χ4v) is 7.30. The lowest BCUT2D eigenvalue weighted by atomic mass is 9.59. The number of carbonyl (C=O) groups is 2. The average molecular weight is 447 g/mol. The molecule has 0 aromatic rings. The maximum Gasteiger partial charge on any atom is 0.306 e. The Morgan fingerprint density at radius 1 is 1.28 bits per heavy atom. The first kappa shape index (κ1) is 23.7. The number of fused-ring (bicyclic) bond motifs is 3. The van der Waals surface area contributed by atoms with Crippen LogP contribution in [0.3, 0.4) is 0 Å². The standard InChI is InChI=1S/C26H38O6/c1-6-7-8-9-19(28)32-23-14(2)12-25-15(3)10-18-20(24(18,4)5)17(22(25)30)11-16(13-27)21(29)26(23,25)31/h11-12,15,17-18,20-21,23,27,29,31H,6-10,13H2,1-5H3/t15-,17-,18?,20?,21-,23+,25+,26+/m1/s1. The summed E-state index contributed by atoms with van der Waals surface area (Å²) < 4.78 is 5.79. The number of unbranched alkanes of at least 4 members (excludes halogenated alkanes) is 2. The third-order valence-corrected chi connectivity index (χ3v) is 9.13. The molecule has 2 fully saturated rings. The molecule has 4 rings (SSSR count). The molecule has 6 heteroatoms. The van der Waals surface area contributed by atoms with Gasteiger partial charge in [0.25, 0.3) is 0 Å². The molecule has 1 spiro atoms. The summed E-state index contributed by atoms with van der Waals surface area (Å²) >= 11 is 0.